The van der Waals surface area contributed by atoms with Gasteiger partial charge in [-0.05, 0) is 0 Å². The second kappa shape index (κ2) is 2.64. The molecule has 1 aromatic heterocycles. The molecule has 11 heavy (non-hydrogen) atoms. The highest BCUT2D eigenvalue weighted by Crippen LogP contribution is 2.08. The first-order valence-electron chi connectivity index (χ1n) is 3.80. The van der Waals surface area contributed by atoms with E-state index < -0.39 is 0 Å². The van der Waals surface area contributed by atoms with Crippen LogP contribution in [0, 0.1) is 0 Å². The second-order valence-electron chi connectivity index (χ2n) is 3.03. The number of likely N-dealkylation sites (tertiary alicyclic amines) is 1. The molecule has 0 unspecified atom stereocenters. The normalized spacial score (nSPS) is 20.1. The number of aromatic amines is 1. The maximum Gasteiger partial charge on any atom is 0.0922 e. The van der Waals surface area contributed by atoms with Crippen LogP contribution in [0.5, 0.6) is 0 Å². The number of imidazole rings is 1. The van der Waals surface area contributed by atoms with Gasteiger partial charge in [-0.2, -0.15) is 0 Å². The Bertz CT molecular complexity index is 212. The summed E-state index contributed by atoms with van der Waals surface area (Å²) in [7, 11) is 0. The number of nitrogens with zero attached hydrogens (tertiary/aromatic N) is 2. The number of rotatable bonds is 2. The lowest BCUT2D eigenvalue weighted by Crippen LogP contribution is -2.54. The van der Waals surface area contributed by atoms with Crippen molar-refractivity contribution in [1.29, 1.82) is 0 Å². The van der Waals surface area contributed by atoms with E-state index in [0.29, 0.717) is 6.04 Å². The molecule has 0 aliphatic carbocycles. The molecule has 60 valence electrons. The maximum absolute atomic E-state index is 5.63. The van der Waals surface area contributed by atoms with E-state index in [4.69, 9.17) is 5.73 Å². The SMILES string of the molecule is NC1CN(Cc2cnc[nH]2)C1. The van der Waals surface area contributed by atoms with E-state index in [0.717, 1.165) is 25.3 Å². The van der Waals surface area contributed by atoms with Crippen LogP contribution in [0.4, 0.5) is 0 Å². The van der Waals surface area contributed by atoms with Gasteiger partial charge in [-0.3, -0.25) is 4.90 Å². The van der Waals surface area contributed by atoms with Crippen molar-refractivity contribution in [3.05, 3.63) is 18.2 Å². The smallest absolute Gasteiger partial charge is 0.0922 e. The average Bonchev–Trinajstić information content (AvgIpc) is 2.36. The third kappa shape index (κ3) is 1.41. The lowest BCUT2D eigenvalue weighted by atomic mass is 10.1. The van der Waals surface area contributed by atoms with Gasteiger partial charge in [-0.25, -0.2) is 4.98 Å². The average molecular weight is 152 g/mol. The van der Waals surface area contributed by atoms with Gasteiger partial charge in [0.05, 0.1) is 6.33 Å². The Kier molecular flexibility index (Phi) is 1.63. The van der Waals surface area contributed by atoms with E-state index in [1.54, 1.807) is 6.33 Å². The molecule has 0 spiro atoms. The fraction of sp³-hybridized carbons (Fsp3) is 0.571. The van der Waals surface area contributed by atoms with Crippen LogP contribution in [-0.4, -0.2) is 34.0 Å². The van der Waals surface area contributed by atoms with Crippen molar-refractivity contribution in [2.45, 2.75) is 12.6 Å². The number of nitrogens with one attached hydrogen (secondary N) is 1. The zero-order valence-electron chi connectivity index (χ0n) is 6.33. The van der Waals surface area contributed by atoms with E-state index in [1.807, 2.05) is 6.20 Å². The molecular weight excluding hydrogens is 140 g/mol. The van der Waals surface area contributed by atoms with Crippen molar-refractivity contribution >= 4 is 0 Å². The highest BCUT2D eigenvalue weighted by molar-refractivity contribution is 4.96. The van der Waals surface area contributed by atoms with Crippen LogP contribution in [0.15, 0.2) is 12.5 Å². The summed E-state index contributed by atoms with van der Waals surface area (Å²) < 4.78 is 0. The van der Waals surface area contributed by atoms with Crippen LogP contribution in [-0.2, 0) is 6.54 Å². The summed E-state index contributed by atoms with van der Waals surface area (Å²) in [5.74, 6) is 0. The number of hydrogen-bond acceptors (Lipinski definition) is 3. The van der Waals surface area contributed by atoms with Gasteiger partial charge >= 0.3 is 0 Å². The molecule has 1 aliphatic rings. The Hall–Kier alpha value is -0.870. The minimum Gasteiger partial charge on any atom is -0.347 e. The van der Waals surface area contributed by atoms with Crippen molar-refractivity contribution in [2.75, 3.05) is 13.1 Å². The molecule has 4 nitrogen and oxygen atoms in total. The molecule has 0 saturated carbocycles. The third-order valence-electron chi connectivity index (χ3n) is 1.93. The minimum absolute atomic E-state index is 0.387. The Morgan fingerprint density at radius 3 is 3.09 bits per heavy atom. The van der Waals surface area contributed by atoms with E-state index in [-0.39, 0.29) is 0 Å². The summed E-state index contributed by atoms with van der Waals surface area (Å²) in [5, 5.41) is 0. The first-order valence-corrected chi connectivity index (χ1v) is 3.80. The summed E-state index contributed by atoms with van der Waals surface area (Å²) >= 11 is 0. The number of hydrogen-bond donors (Lipinski definition) is 2. The first kappa shape index (κ1) is 6.82. The Balaban J connectivity index is 1.84. The summed E-state index contributed by atoms with van der Waals surface area (Å²) in [4.78, 5) is 9.29. The van der Waals surface area contributed by atoms with Gasteiger partial charge < -0.3 is 10.7 Å². The van der Waals surface area contributed by atoms with Crippen molar-refractivity contribution in [3.63, 3.8) is 0 Å². The van der Waals surface area contributed by atoms with Crippen LogP contribution >= 0.6 is 0 Å². The van der Waals surface area contributed by atoms with Crippen molar-refractivity contribution in [3.8, 4) is 0 Å². The molecule has 0 bridgehead atoms. The lowest BCUT2D eigenvalue weighted by molar-refractivity contribution is 0.141. The van der Waals surface area contributed by atoms with E-state index in [1.165, 1.54) is 0 Å². The van der Waals surface area contributed by atoms with Gasteiger partial charge in [-0.1, -0.05) is 0 Å². The Morgan fingerprint density at radius 1 is 1.73 bits per heavy atom. The number of nitrogens with two attached hydrogens (primary N) is 1. The van der Waals surface area contributed by atoms with E-state index >= 15 is 0 Å². The molecule has 2 heterocycles. The summed E-state index contributed by atoms with van der Waals surface area (Å²) in [6.45, 7) is 2.98. The van der Waals surface area contributed by atoms with Crippen molar-refractivity contribution < 1.29 is 0 Å². The van der Waals surface area contributed by atoms with Crippen LogP contribution in [0.1, 0.15) is 5.69 Å². The molecule has 1 aliphatic heterocycles. The fourth-order valence-corrected chi connectivity index (χ4v) is 1.35. The van der Waals surface area contributed by atoms with E-state index in [9.17, 15) is 0 Å². The molecule has 1 fully saturated rings. The summed E-state index contributed by atoms with van der Waals surface area (Å²) in [6, 6.07) is 0.387. The van der Waals surface area contributed by atoms with Gasteiger partial charge in [0, 0.05) is 37.6 Å². The standard InChI is InChI=1S/C7H12N4/c8-6-2-11(3-6)4-7-1-9-5-10-7/h1,5-6H,2-4,8H2,(H,9,10). The van der Waals surface area contributed by atoms with Gasteiger partial charge in [-0.15, -0.1) is 0 Å². The molecular formula is C7H12N4. The van der Waals surface area contributed by atoms with Crippen molar-refractivity contribution in [2.24, 2.45) is 5.73 Å². The highest BCUT2D eigenvalue weighted by Gasteiger charge is 2.22. The fourth-order valence-electron chi connectivity index (χ4n) is 1.35. The molecule has 3 N–H and O–H groups in total. The lowest BCUT2D eigenvalue weighted by Gasteiger charge is -2.36. The summed E-state index contributed by atoms with van der Waals surface area (Å²) in [6.07, 6.45) is 3.55. The quantitative estimate of drug-likeness (QED) is 0.603. The molecule has 0 radical (unpaired) electrons. The van der Waals surface area contributed by atoms with Gasteiger partial charge in [0.15, 0.2) is 0 Å². The topological polar surface area (TPSA) is 57.9 Å². The first-order chi connectivity index (χ1) is 5.34. The molecule has 2 rings (SSSR count). The molecule has 0 atom stereocenters. The second-order valence-corrected chi connectivity index (χ2v) is 3.03. The van der Waals surface area contributed by atoms with Gasteiger partial charge in [0.25, 0.3) is 0 Å². The molecule has 1 saturated heterocycles. The molecule has 0 aromatic carbocycles. The Morgan fingerprint density at radius 2 is 2.55 bits per heavy atom. The number of H-pyrrole nitrogens is 1. The minimum atomic E-state index is 0.387. The maximum atomic E-state index is 5.63. The van der Waals surface area contributed by atoms with Crippen LogP contribution in [0.2, 0.25) is 0 Å². The van der Waals surface area contributed by atoms with Gasteiger partial charge in [0.2, 0.25) is 0 Å². The van der Waals surface area contributed by atoms with Crippen LogP contribution in [0.3, 0.4) is 0 Å². The summed E-state index contributed by atoms with van der Waals surface area (Å²) in [5.41, 5.74) is 6.79. The molecule has 1 aromatic rings. The number of aromatic nitrogens is 2. The molecule has 4 heteroatoms. The molecule has 0 amide bonds. The Labute approximate surface area is 65.4 Å². The van der Waals surface area contributed by atoms with E-state index in [2.05, 4.69) is 14.9 Å². The zero-order valence-corrected chi connectivity index (χ0v) is 6.33. The van der Waals surface area contributed by atoms with Crippen molar-refractivity contribution in [1.82, 2.24) is 14.9 Å². The van der Waals surface area contributed by atoms with Crippen LogP contribution < -0.4 is 5.73 Å². The largest absolute Gasteiger partial charge is 0.347 e. The third-order valence-corrected chi connectivity index (χ3v) is 1.93. The predicted octanol–water partition coefficient (Wildman–Crippen LogP) is -0.447. The zero-order chi connectivity index (χ0) is 7.68. The predicted molar refractivity (Wildman–Crippen MR) is 41.8 cm³/mol. The highest BCUT2D eigenvalue weighted by atomic mass is 15.2. The van der Waals surface area contributed by atoms with Gasteiger partial charge in [0.1, 0.15) is 0 Å². The van der Waals surface area contributed by atoms with Crippen LogP contribution in [0.25, 0.3) is 0 Å². The monoisotopic (exact) mass is 152 g/mol.